The third-order valence-electron chi connectivity index (χ3n) is 1.55. The molecule has 1 aromatic heterocycles. The molecule has 1 fully saturated rings. The highest BCUT2D eigenvalue weighted by Crippen LogP contribution is 2.33. The fourth-order valence-corrected chi connectivity index (χ4v) is 0.883. The Morgan fingerprint density at radius 3 is 2.45 bits per heavy atom. The second-order valence-corrected chi connectivity index (χ2v) is 2.57. The van der Waals surface area contributed by atoms with Gasteiger partial charge in [-0.1, -0.05) is 19.1 Å². The summed E-state index contributed by atoms with van der Waals surface area (Å²) >= 11 is 0. The summed E-state index contributed by atoms with van der Waals surface area (Å²) in [5.41, 5.74) is 1.02. The summed E-state index contributed by atoms with van der Waals surface area (Å²) in [6.07, 6.45) is 4.56. The van der Waals surface area contributed by atoms with Gasteiger partial charge in [-0.05, 0) is 19.8 Å². The Labute approximate surface area is 67.4 Å². The predicted octanol–water partition coefficient (Wildman–Crippen LogP) is 1.95. The van der Waals surface area contributed by atoms with E-state index in [1.165, 1.54) is 12.8 Å². The van der Waals surface area contributed by atoms with Gasteiger partial charge in [0.15, 0.2) is 0 Å². The molecule has 0 saturated heterocycles. The molecule has 1 heterocycles. The van der Waals surface area contributed by atoms with Crippen molar-refractivity contribution < 1.29 is 0 Å². The average Bonchev–Trinajstić information content (AvgIpc) is 2.80. The minimum atomic E-state index is 0.672. The van der Waals surface area contributed by atoms with Gasteiger partial charge in [-0.25, -0.2) is 4.68 Å². The average molecular weight is 153 g/mol. The first-order valence-corrected chi connectivity index (χ1v) is 4.25. The summed E-state index contributed by atoms with van der Waals surface area (Å²) in [4.78, 5) is 0. The Bertz CT molecular complexity index is 213. The zero-order chi connectivity index (χ0) is 8.27. The third-order valence-corrected chi connectivity index (χ3v) is 1.55. The van der Waals surface area contributed by atoms with E-state index in [0.717, 1.165) is 5.69 Å². The minimum absolute atomic E-state index is 0.672. The van der Waals surface area contributed by atoms with E-state index in [4.69, 9.17) is 0 Å². The molecule has 0 unspecified atom stereocenters. The second-order valence-electron chi connectivity index (χ2n) is 2.57. The van der Waals surface area contributed by atoms with E-state index >= 15 is 0 Å². The molecule has 0 radical (unpaired) electrons. The normalized spacial score (nSPS) is 15.5. The van der Waals surface area contributed by atoms with Crippen LogP contribution in [0.5, 0.6) is 0 Å². The Morgan fingerprint density at radius 2 is 2.09 bits per heavy atom. The maximum atomic E-state index is 3.94. The molecule has 0 amide bonds. The van der Waals surface area contributed by atoms with Gasteiger partial charge >= 0.3 is 0 Å². The van der Waals surface area contributed by atoms with Gasteiger partial charge < -0.3 is 0 Å². The number of nitrogens with zero attached hydrogens (tertiary/aromatic N) is 3. The Kier molecular flexibility index (Phi) is 2.63. The Morgan fingerprint density at radius 1 is 1.45 bits per heavy atom. The van der Waals surface area contributed by atoms with Gasteiger partial charge in [0.05, 0.1) is 11.7 Å². The molecule has 3 nitrogen and oxygen atoms in total. The van der Waals surface area contributed by atoms with Crippen LogP contribution in [-0.2, 0) is 0 Å². The second kappa shape index (κ2) is 3.51. The van der Waals surface area contributed by atoms with Crippen LogP contribution < -0.4 is 0 Å². The van der Waals surface area contributed by atoms with Gasteiger partial charge in [-0.15, -0.1) is 5.10 Å². The van der Waals surface area contributed by atoms with Crippen molar-refractivity contribution in [1.29, 1.82) is 0 Å². The van der Waals surface area contributed by atoms with Crippen LogP contribution in [-0.4, -0.2) is 15.0 Å². The highest BCUT2D eigenvalue weighted by Gasteiger charge is 2.24. The number of aromatic nitrogens is 3. The summed E-state index contributed by atoms with van der Waals surface area (Å²) in [7, 11) is 0. The van der Waals surface area contributed by atoms with Crippen LogP contribution in [0.25, 0.3) is 0 Å². The number of rotatable bonds is 1. The molecule has 2 rings (SSSR count). The molecule has 11 heavy (non-hydrogen) atoms. The van der Waals surface area contributed by atoms with Crippen molar-refractivity contribution in [3.63, 3.8) is 0 Å². The molecule has 0 aliphatic heterocycles. The minimum Gasteiger partial charge on any atom is -0.249 e. The molecule has 3 heteroatoms. The fourth-order valence-electron chi connectivity index (χ4n) is 0.883. The van der Waals surface area contributed by atoms with Gasteiger partial charge in [-0.3, -0.25) is 0 Å². The smallest absolute Gasteiger partial charge is 0.0796 e. The van der Waals surface area contributed by atoms with Crippen LogP contribution in [0.4, 0.5) is 0 Å². The first-order chi connectivity index (χ1) is 5.36. The maximum Gasteiger partial charge on any atom is 0.0796 e. The lowest BCUT2D eigenvalue weighted by Crippen LogP contribution is -1.92. The quantitative estimate of drug-likeness (QED) is 0.617. The lowest BCUT2D eigenvalue weighted by atomic mass is 10.5. The SMILES string of the molecule is CC.Cc1cn(C2CC2)nn1. The zero-order valence-electron chi connectivity index (χ0n) is 7.41. The lowest BCUT2D eigenvalue weighted by Gasteiger charge is -1.89. The molecule has 0 bridgehead atoms. The molecule has 0 N–H and O–H groups in total. The van der Waals surface area contributed by atoms with Crippen molar-refractivity contribution in [3.05, 3.63) is 11.9 Å². The monoisotopic (exact) mass is 153 g/mol. The van der Waals surface area contributed by atoms with E-state index in [1.807, 2.05) is 31.6 Å². The van der Waals surface area contributed by atoms with Gasteiger partial charge in [0.2, 0.25) is 0 Å². The number of hydrogen-bond donors (Lipinski definition) is 0. The molecule has 0 atom stereocenters. The van der Waals surface area contributed by atoms with Crippen molar-refractivity contribution in [2.24, 2.45) is 0 Å². The summed E-state index contributed by atoms with van der Waals surface area (Å²) in [5, 5.41) is 7.84. The van der Waals surface area contributed by atoms with Crippen molar-refractivity contribution in [2.45, 2.75) is 39.7 Å². The van der Waals surface area contributed by atoms with E-state index in [0.29, 0.717) is 6.04 Å². The number of aryl methyl sites for hydroxylation is 1. The van der Waals surface area contributed by atoms with Crippen LogP contribution in [0, 0.1) is 6.92 Å². The summed E-state index contributed by atoms with van der Waals surface area (Å²) < 4.78 is 1.95. The zero-order valence-corrected chi connectivity index (χ0v) is 7.41. The number of hydrogen-bond acceptors (Lipinski definition) is 2. The van der Waals surface area contributed by atoms with Gasteiger partial charge in [0.1, 0.15) is 0 Å². The van der Waals surface area contributed by atoms with Crippen molar-refractivity contribution >= 4 is 0 Å². The Balaban J connectivity index is 0.000000281. The van der Waals surface area contributed by atoms with Gasteiger partial charge in [0, 0.05) is 6.20 Å². The van der Waals surface area contributed by atoms with E-state index in [9.17, 15) is 0 Å². The van der Waals surface area contributed by atoms with Gasteiger partial charge in [0.25, 0.3) is 0 Å². The molecule has 62 valence electrons. The first kappa shape index (κ1) is 8.24. The highest BCUT2D eigenvalue weighted by molar-refractivity contribution is 4.91. The molecule has 1 saturated carbocycles. The van der Waals surface area contributed by atoms with Crippen LogP contribution in [0.1, 0.15) is 38.4 Å². The van der Waals surface area contributed by atoms with Gasteiger partial charge in [-0.2, -0.15) is 0 Å². The largest absolute Gasteiger partial charge is 0.249 e. The molecule has 0 spiro atoms. The lowest BCUT2D eigenvalue weighted by molar-refractivity contribution is 0.610. The van der Waals surface area contributed by atoms with E-state index in [1.54, 1.807) is 0 Å². The maximum absolute atomic E-state index is 3.94. The van der Waals surface area contributed by atoms with Crippen molar-refractivity contribution in [3.8, 4) is 0 Å². The molecule has 1 aliphatic carbocycles. The molecule has 1 aliphatic rings. The standard InChI is InChI=1S/C6H9N3.C2H6/c1-5-4-9(8-7-5)6-2-3-6;1-2/h4,6H,2-3H2,1H3;1-2H3. The van der Waals surface area contributed by atoms with E-state index in [-0.39, 0.29) is 0 Å². The highest BCUT2D eigenvalue weighted by atomic mass is 15.4. The van der Waals surface area contributed by atoms with E-state index < -0.39 is 0 Å². The van der Waals surface area contributed by atoms with Crippen LogP contribution in [0.2, 0.25) is 0 Å². The topological polar surface area (TPSA) is 30.7 Å². The molecule has 1 aromatic rings. The summed E-state index contributed by atoms with van der Waals surface area (Å²) in [5.74, 6) is 0. The van der Waals surface area contributed by atoms with Crippen LogP contribution in [0.3, 0.4) is 0 Å². The van der Waals surface area contributed by atoms with E-state index in [2.05, 4.69) is 10.3 Å². The first-order valence-electron chi connectivity index (χ1n) is 4.25. The summed E-state index contributed by atoms with van der Waals surface area (Å²) in [6.45, 7) is 5.96. The fraction of sp³-hybridized carbons (Fsp3) is 0.750. The molecular weight excluding hydrogens is 138 g/mol. The molecular formula is C8H15N3. The molecule has 0 aromatic carbocycles. The van der Waals surface area contributed by atoms with Crippen LogP contribution >= 0.6 is 0 Å². The van der Waals surface area contributed by atoms with Crippen molar-refractivity contribution in [1.82, 2.24) is 15.0 Å². The van der Waals surface area contributed by atoms with Crippen LogP contribution in [0.15, 0.2) is 6.20 Å². The third kappa shape index (κ3) is 2.03. The Hall–Kier alpha value is -0.860. The summed E-state index contributed by atoms with van der Waals surface area (Å²) in [6, 6.07) is 0.672. The van der Waals surface area contributed by atoms with Crippen molar-refractivity contribution in [2.75, 3.05) is 0 Å². The predicted molar refractivity (Wildman–Crippen MR) is 44.4 cm³/mol.